The van der Waals surface area contributed by atoms with Crippen LogP contribution in [0.4, 0.5) is 4.39 Å². The van der Waals surface area contributed by atoms with Gasteiger partial charge in [-0.15, -0.1) is 0 Å². The Morgan fingerprint density at radius 3 is 2.39 bits per heavy atom. The Kier molecular flexibility index (Phi) is 5.53. The highest BCUT2D eigenvalue weighted by Crippen LogP contribution is 2.21. The summed E-state index contributed by atoms with van der Waals surface area (Å²) >= 11 is 0. The van der Waals surface area contributed by atoms with Crippen molar-refractivity contribution in [3.63, 3.8) is 0 Å². The standard InChI is InChI=1S/C23H18FN5O2/c1-15(26-27-22(30)17-11-13-25-14-12-17)20-21(16-5-3-2-4-6-16)28-29(23(20)31)19-9-7-18(24)8-10-19/h2-14,28H,1H3,(H,27,30)/b26-15+. The van der Waals surface area contributed by atoms with E-state index in [1.54, 1.807) is 19.1 Å². The van der Waals surface area contributed by atoms with Crippen LogP contribution in [0.5, 0.6) is 0 Å². The van der Waals surface area contributed by atoms with Gasteiger partial charge in [0.1, 0.15) is 5.82 Å². The van der Waals surface area contributed by atoms with Crippen LogP contribution in [0.2, 0.25) is 0 Å². The summed E-state index contributed by atoms with van der Waals surface area (Å²) in [6.07, 6.45) is 3.01. The first-order valence-electron chi connectivity index (χ1n) is 9.46. The highest BCUT2D eigenvalue weighted by atomic mass is 19.1. The molecule has 4 rings (SSSR count). The Labute approximate surface area is 176 Å². The van der Waals surface area contributed by atoms with Crippen molar-refractivity contribution in [1.82, 2.24) is 20.2 Å². The molecule has 0 aliphatic heterocycles. The SMILES string of the molecule is C/C(=N\NC(=O)c1ccncc1)c1c(-c2ccccc2)[nH]n(-c2ccc(F)cc2)c1=O. The van der Waals surface area contributed by atoms with Crippen molar-refractivity contribution in [1.29, 1.82) is 0 Å². The molecule has 0 bridgehead atoms. The van der Waals surface area contributed by atoms with Crippen LogP contribution in [-0.2, 0) is 0 Å². The van der Waals surface area contributed by atoms with Gasteiger partial charge in [0.05, 0.1) is 22.7 Å². The molecule has 154 valence electrons. The normalized spacial score (nSPS) is 11.4. The Hall–Kier alpha value is -4.33. The molecular weight excluding hydrogens is 397 g/mol. The summed E-state index contributed by atoms with van der Waals surface area (Å²) < 4.78 is 14.7. The monoisotopic (exact) mass is 415 g/mol. The second-order valence-corrected chi connectivity index (χ2v) is 6.72. The quantitative estimate of drug-likeness (QED) is 0.386. The van der Waals surface area contributed by atoms with Crippen LogP contribution in [0, 0.1) is 5.82 Å². The van der Waals surface area contributed by atoms with E-state index >= 15 is 0 Å². The van der Waals surface area contributed by atoms with Crippen molar-refractivity contribution in [2.75, 3.05) is 0 Å². The maximum absolute atomic E-state index is 13.3. The molecular formula is C23H18FN5O2. The van der Waals surface area contributed by atoms with Crippen LogP contribution < -0.4 is 11.0 Å². The number of aromatic amines is 1. The minimum absolute atomic E-state index is 0.297. The zero-order chi connectivity index (χ0) is 21.8. The number of pyridine rings is 1. The lowest BCUT2D eigenvalue weighted by Gasteiger charge is -2.04. The summed E-state index contributed by atoms with van der Waals surface area (Å²) in [6.45, 7) is 1.64. The fraction of sp³-hybridized carbons (Fsp3) is 0.0435. The summed E-state index contributed by atoms with van der Waals surface area (Å²) in [4.78, 5) is 29.4. The molecule has 7 nitrogen and oxygen atoms in total. The first-order valence-corrected chi connectivity index (χ1v) is 9.46. The number of carbonyl (C=O) groups is 1. The second kappa shape index (κ2) is 8.58. The molecule has 0 radical (unpaired) electrons. The van der Waals surface area contributed by atoms with Crippen LogP contribution >= 0.6 is 0 Å². The molecule has 8 heteroatoms. The number of nitrogens with zero attached hydrogens (tertiary/aromatic N) is 3. The van der Waals surface area contributed by atoms with Gasteiger partial charge in [0.15, 0.2) is 0 Å². The zero-order valence-corrected chi connectivity index (χ0v) is 16.5. The number of rotatable bonds is 5. The van der Waals surface area contributed by atoms with E-state index in [2.05, 4.69) is 20.6 Å². The van der Waals surface area contributed by atoms with Gasteiger partial charge < -0.3 is 0 Å². The van der Waals surface area contributed by atoms with E-state index in [0.29, 0.717) is 28.2 Å². The van der Waals surface area contributed by atoms with E-state index in [0.717, 1.165) is 5.56 Å². The number of amides is 1. The Morgan fingerprint density at radius 1 is 1.03 bits per heavy atom. The molecule has 2 N–H and O–H groups in total. The number of carbonyl (C=O) groups excluding carboxylic acids is 1. The molecule has 4 aromatic rings. The third-order valence-corrected chi connectivity index (χ3v) is 4.67. The van der Waals surface area contributed by atoms with Gasteiger partial charge >= 0.3 is 0 Å². The van der Waals surface area contributed by atoms with Crippen LogP contribution in [0.15, 0.2) is 89.0 Å². The van der Waals surface area contributed by atoms with E-state index in [9.17, 15) is 14.0 Å². The minimum Gasteiger partial charge on any atom is -0.290 e. The average Bonchev–Trinajstić information content (AvgIpc) is 3.16. The summed E-state index contributed by atoms with van der Waals surface area (Å²) in [5, 5.41) is 7.22. The van der Waals surface area contributed by atoms with Gasteiger partial charge in [0.2, 0.25) is 0 Å². The molecule has 2 aromatic heterocycles. The molecule has 0 fully saturated rings. The molecule has 2 aromatic carbocycles. The van der Waals surface area contributed by atoms with Crippen LogP contribution in [-0.4, -0.2) is 26.4 Å². The number of H-pyrrole nitrogens is 1. The van der Waals surface area contributed by atoms with Crippen molar-refractivity contribution < 1.29 is 9.18 Å². The van der Waals surface area contributed by atoms with Gasteiger partial charge in [-0.05, 0) is 43.3 Å². The number of hydrazone groups is 1. The van der Waals surface area contributed by atoms with E-state index in [1.807, 2.05) is 30.3 Å². The van der Waals surface area contributed by atoms with Crippen molar-refractivity contribution in [3.8, 4) is 16.9 Å². The maximum Gasteiger partial charge on any atom is 0.281 e. The number of benzene rings is 2. The zero-order valence-electron chi connectivity index (χ0n) is 16.5. The van der Waals surface area contributed by atoms with Crippen LogP contribution in [0.1, 0.15) is 22.8 Å². The topological polar surface area (TPSA) is 92.1 Å². The molecule has 1 amide bonds. The van der Waals surface area contributed by atoms with Crippen molar-refractivity contribution in [2.24, 2.45) is 5.10 Å². The van der Waals surface area contributed by atoms with E-state index in [-0.39, 0.29) is 5.56 Å². The molecule has 31 heavy (non-hydrogen) atoms. The number of aromatic nitrogens is 3. The molecule has 0 saturated heterocycles. The number of halogens is 1. The average molecular weight is 415 g/mol. The summed E-state index contributed by atoms with van der Waals surface area (Å²) in [5.74, 6) is -0.819. The molecule has 0 spiro atoms. The maximum atomic E-state index is 13.3. The number of hydrogen-bond donors (Lipinski definition) is 2. The number of nitrogens with one attached hydrogen (secondary N) is 2. The lowest BCUT2D eigenvalue weighted by atomic mass is 10.1. The summed E-state index contributed by atoms with van der Waals surface area (Å²) in [7, 11) is 0. The van der Waals surface area contributed by atoms with Crippen LogP contribution in [0.3, 0.4) is 0 Å². The van der Waals surface area contributed by atoms with Gasteiger partial charge in [0, 0.05) is 23.5 Å². The fourth-order valence-electron chi connectivity index (χ4n) is 3.12. The molecule has 0 aliphatic carbocycles. The molecule has 0 unspecified atom stereocenters. The van der Waals surface area contributed by atoms with Crippen molar-refractivity contribution in [2.45, 2.75) is 6.92 Å². The van der Waals surface area contributed by atoms with Crippen molar-refractivity contribution >= 4 is 11.6 Å². The smallest absolute Gasteiger partial charge is 0.281 e. The van der Waals surface area contributed by atoms with Crippen molar-refractivity contribution in [3.05, 3.63) is 106 Å². The lowest BCUT2D eigenvalue weighted by molar-refractivity contribution is 0.0954. The predicted molar refractivity (Wildman–Crippen MR) is 116 cm³/mol. The Bertz CT molecular complexity index is 1290. The molecule has 0 saturated carbocycles. The molecule has 0 aliphatic rings. The van der Waals surface area contributed by atoms with Gasteiger partial charge in [-0.3, -0.25) is 19.7 Å². The number of hydrogen-bond acceptors (Lipinski definition) is 4. The second-order valence-electron chi connectivity index (χ2n) is 6.72. The van der Waals surface area contributed by atoms with Gasteiger partial charge in [-0.1, -0.05) is 30.3 Å². The Balaban J connectivity index is 1.77. The van der Waals surface area contributed by atoms with Crippen LogP contribution in [0.25, 0.3) is 16.9 Å². The lowest BCUT2D eigenvalue weighted by Crippen LogP contribution is -2.23. The van der Waals surface area contributed by atoms with Gasteiger partial charge in [0.25, 0.3) is 11.5 Å². The highest BCUT2D eigenvalue weighted by molar-refractivity contribution is 6.04. The van der Waals surface area contributed by atoms with E-state index < -0.39 is 11.7 Å². The summed E-state index contributed by atoms with van der Waals surface area (Å²) in [5.41, 5.74) is 4.89. The largest absolute Gasteiger partial charge is 0.290 e. The predicted octanol–water partition coefficient (Wildman–Crippen LogP) is 3.52. The third-order valence-electron chi connectivity index (χ3n) is 4.67. The first kappa shape index (κ1) is 20.0. The highest BCUT2D eigenvalue weighted by Gasteiger charge is 2.19. The van der Waals surface area contributed by atoms with Gasteiger partial charge in [-0.2, -0.15) is 5.10 Å². The van der Waals surface area contributed by atoms with Gasteiger partial charge in [-0.25, -0.2) is 14.5 Å². The Morgan fingerprint density at radius 2 is 1.71 bits per heavy atom. The molecule has 0 atom stereocenters. The first-order chi connectivity index (χ1) is 15.0. The van der Waals surface area contributed by atoms with E-state index in [1.165, 1.54) is 41.3 Å². The van der Waals surface area contributed by atoms with E-state index in [4.69, 9.17) is 0 Å². The third kappa shape index (κ3) is 4.18. The minimum atomic E-state index is -0.419. The fourth-order valence-corrected chi connectivity index (χ4v) is 3.12. The molecule has 2 heterocycles. The summed E-state index contributed by atoms with van der Waals surface area (Å²) in [6, 6.07) is 18.0.